The molecule has 0 aromatic rings. The molecule has 0 aromatic heterocycles. The zero-order chi connectivity index (χ0) is 20.3. The molecule has 0 bridgehead atoms. The van der Waals surface area contributed by atoms with E-state index in [1.807, 2.05) is 0 Å². The summed E-state index contributed by atoms with van der Waals surface area (Å²) in [6.45, 7) is 23.4. The highest BCUT2D eigenvalue weighted by atomic mass is 28.3. The lowest BCUT2D eigenvalue weighted by atomic mass is 9.98. The Balaban J connectivity index is 2.50. The second-order valence-corrected chi connectivity index (χ2v) is 20.8. The van der Waals surface area contributed by atoms with Crippen molar-refractivity contribution >= 4 is 16.1 Å². The molecule has 0 amide bonds. The Morgan fingerprint density at radius 2 is 1.37 bits per heavy atom. The smallest absolute Gasteiger partial charge is 0.125 e. The van der Waals surface area contributed by atoms with Gasteiger partial charge in [0.25, 0.3) is 0 Å². The maximum absolute atomic E-state index is 6.55. The van der Waals surface area contributed by atoms with Gasteiger partial charge in [0.1, 0.15) is 11.0 Å². The van der Waals surface area contributed by atoms with Gasteiger partial charge in [0.15, 0.2) is 0 Å². The SMILES string of the molecule is C=C(C=C(OCC)C1([Si](C)(C)C)CCCCO1)C1([Si](C)(C)C)CCCCO1. The first-order chi connectivity index (χ1) is 12.5. The molecular formula is C22H42O3Si2. The van der Waals surface area contributed by atoms with Crippen molar-refractivity contribution in [1.82, 2.24) is 0 Å². The van der Waals surface area contributed by atoms with Gasteiger partial charge in [-0.25, -0.2) is 0 Å². The highest BCUT2D eigenvalue weighted by molar-refractivity contribution is 6.80. The predicted molar refractivity (Wildman–Crippen MR) is 121 cm³/mol. The molecule has 2 atom stereocenters. The Bertz CT molecular complexity index is 543. The molecule has 2 fully saturated rings. The van der Waals surface area contributed by atoms with Gasteiger partial charge in [-0.15, -0.1) is 0 Å². The van der Waals surface area contributed by atoms with Crippen LogP contribution in [0.15, 0.2) is 24.0 Å². The molecule has 27 heavy (non-hydrogen) atoms. The normalized spacial score (nSPS) is 30.9. The fourth-order valence-electron chi connectivity index (χ4n) is 4.78. The highest BCUT2D eigenvalue weighted by Gasteiger charge is 2.52. The molecule has 2 heterocycles. The van der Waals surface area contributed by atoms with Crippen LogP contribution in [0.2, 0.25) is 39.3 Å². The summed E-state index contributed by atoms with van der Waals surface area (Å²) in [6, 6.07) is 0. The lowest BCUT2D eigenvalue weighted by Crippen LogP contribution is -2.59. The van der Waals surface area contributed by atoms with Gasteiger partial charge in [-0.1, -0.05) is 45.9 Å². The number of hydrogen-bond donors (Lipinski definition) is 0. The van der Waals surface area contributed by atoms with Crippen molar-refractivity contribution < 1.29 is 14.2 Å². The van der Waals surface area contributed by atoms with Gasteiger partial charge in [0.05, 0.1) is 28.0 Å². The van der Waals surface area contributed by atoms with Gasteiger partial charge >= 0.3 is 0 Å². The van der Waals surface area contributed by atoms with E-state index in [1.165, 1.54) is 12.8 Å². The van der Waals surface area contributed by atoms with Crippen LogP contribution in [0, 0.1) is 0 Å². The van der Waals surface area contributed by atoms with Crippen LogP contribution < -0.4 is 0 Å². The van der Waals surface area contributed by atoms with Gasteiger partial charge in [0, 0.05) is 13.2 Å². The fourth-order valence-corrected chi connectivity index (χ4v) is 9.62. The van der Waals surface area contributed by atoms with Crippen molar-refractivity contribution in [3.63, 3.8) is 0 Å². The van der Waals surface area contributed by atoms with Crippen molar-refractivity contribution in [1.29, 1.82) is 0 Å². The van der Waals surface area contributed by atoms with E-state index in [2.05, 4.69) is 58.9 Å². The summed E-state index contributed by atoms with van der Waals surface area (Å²) in [6.07, 6.45) is 9.10. The Hall–Kier alpha value is -0.366. The van der Waals surface area contributed by atoms with Crippen molar-refractivity contribution in [2.75, 3.05) is 19.8 Å². The third-order valence-corrected chi connectivity index (χ3v) is 12.7. The molecule has 2 aliphatic rings. The Morgan fingerprint density at radius 1 is 0.889 bits per heavy atom. The van der Waals surface area contributed by atoms with Crippen LogP contribution in [0.3, 0.4) is 0 Å². The van der Waals surface area contributed by atoms with E-state index < -0.39 is 16.1 Å². The maximum atomic E-state index is 6.55. The van der Waals surface area contributed by atoms with Gasteiger partial charge in [-0.05, 0) is 57.1 Å². The minimum absolute atomic E-state index is 0.192. The van der Waals surface area contributed by atoms with E-state index in [9.17, 15) is 0 Å². The average Bonchev–Trinajstić information content (AvgIpc) is 2.60. The molecule has 2 unspecified atom stereocenters. The molecule has 0 saturated carbocycles. The van der Waals surface area contributed by atoms with Crippen LogP contribution in [-0.4, -0.2) is 46.4 Å². The first kappa shape index (κ1) is 22.9. The fraction of sp³-hybridized carbons (Fsp3) is 0.818. The predicted octanol–water partition coefficient (Wildman–Crippen LogP) is 6.10. The van der Waals surface area contributed by atoms with Gasteiger partial charge in [0.2, 0.25) is 0 Å². The molecular weight excluding hydrogens is 368 g/mol. The Kier molecular flexibility index (Phi) is 7.26. The average molecular weight is 411 g/mol. The summed E-state index contributed by atoms with van der Waals surface area (Å²) in [5.74, 6) is 1.01. The summed E-state index contributed by atoms with van der Waals surface area (Å²) in [7, 11) is -3.31. The van der Waals surface area contributed by atoms with Gasteiger partial charge in [-0.3, -0.25) is 0 Å². The van der Waals surface area contributed by atoms with E-state index in [0.717, 1.165) is 50.2 Å². The molecule has 0 aliphatic carbocycles. The number of hydrogen-bond acceptors (Lipinski definition) is 3. The first-order valence-electron chi connectivity index (χ1n) is 10.8. The molecule has 3 nitrogen and oxygen atoms in total. The molecule has 2 saturated heterocycles. The van der Waals surface area contributed by atoms with Crippen molar-refractivity contribution in [2.45, 2.75) is 95.2 Å². The van der Waals surface area contributed by atoms with Crippen molar-refractivity contribution in [3.8, 4) is 0 Å². The molecule has 0 spiro atoms. The van der Waals surface area contributed by atoms with E-state index in [4.69, 9.17) is 14.2 Å². The summed E-state index contributed by atoms with van der Waals surface area (Å²) < 4.78 is 19.4. The van der Waals surface area contributed by atoms with Crippen LogP contribution in [0.25, 0.3) is 0 Å². The van der Waals surface area contributed by atoms with Gasteiger partial charge in [-0.2, -0.15) is 0 Å². The molecule has 0 aromatic carbocycles. The minimum atomic E-state index is -1.68. The Morgan fingerprint density at radius 3 is 1.74 bits per heavy atom. The zero-order valence-electron chi connectivity index (χ0n) is 18.9. The third kappa shape index (κ3) is 4.46. The van der Waals surface area contributed by atoms with E-state index in [1.54, 1.807) is 0 Å². The molecule has 0 N–H and O–H groups in total. The molecule has 2 rings (SSSR count). The quantitative estimate of drug-likeness (QED) is 0.288. The van der Waals surface area contributed by atoms with Crippen LogP contribution in [0.1, 0.15) is 45.4 Å². The summed E-state index contributed by atoms with van der Waals surface area (Å²) >= 11 is 0. The molecule has 156 valence electrons. The first-order valence-corrected chi connectivity index (χ1v) is 17.8. The topological polar surface area (TPSA) is 27.7 Å². The largest absolute Gasteiger partial charge is 0.495 e. The molecule has 2 aliphatic heterocycles. The third-order valence-electron chi connectivity index (χ3n) is 6.49. The van der Waals surface area contributed by atoms with E-state index in [-0.39, 0.29) is 10.4 Å². The minimum Gasteiger partial charge on any atom is -0.495 e. The number of rotatable bonds is 7. The molecule has 5 heteroatoms. The van der Waals surface area contributed by atoms with E-state index in [0.29, 0.717) is 6.61 Å². The van der Waals surface area contributed by atoms with Crippen LogP contribution >= 0.6 is 0 Å². The lowest BCUT2D eigenvalue weighted by molar-refractivity contribution is -0.0374. The maximum Gasteiger partial charge on any atom is 0.125 e. The lowest BCUT2D eigenvalue weighted by Gasteiger charge is -2.49. The van der Waals surface area contributed by atoms with Crippen LogP contribution in [0.5, 0.6) is 0 Å². The number of ether oxygens (including phenoxy) is 3. The summed E-state index contributed by atoms with van der Waals surface area (Å²) in [5, 5.41) is -0.442. The second-order valence-electron chi connectivity index (χ2n) is 10.2. The molecule has 0 radical (unpaired) electrons. The zero-order valence-corrected chi connectivity index (χ0v) is 20.9. The van der Waals surface area contributed by atoms with Crippen molar-refractivity contribution in [3.05, 3.63) is 24.0 Å². The monoisotopic (exact) mass is 410 g/mol. The highest BCUT2D eigenvalue weighted by Crippen LogP contribution is 2.44. The van der Waals surface area contributed by atoms with Gasteiger partial charge < -0.3 is 14.2 Å². The standard InChI is InChI=1S/C22H42O3Si2/c1-9-23-20(22(27(6,7)8)15-11-13-17-25-22)18-19(2)21(26(3,4)5)14-10-12-16-24-21/h18H,2,9-17H2,1,3-8H3. The summed E-state index contributed by atoms with van der Waals surface area (Å²) in [4.78, 5) is 0. The van der Waals surface area contributed by atoms with Crippen molar-refractivity contribution in [2.24, 2.45) is 0 Å². The summed E-state index contributed by atoms with van der Waals surface area (Å²) in [5.41, 5.74) is 1.11. The van der Waals surface area contributed by atoms with Crippen LogP contribution in [-0.2, 0) is 14.2 Å². The second kappa shape index (κ2) is 8.56. The Labute approximate surface area is 169 Å². The van der Waals surface area contributed by atoms with Crippen LogP contribution in [0.4, 0.5) is 0 Å². The van der Waals surface area contributed by atoms with E-state index >= 15 is 0 Å².